The normalized spacial score (nSPS) is 10.1. The molecule has 0 unspecified atom stereocenters. The van der Waals surface area contributed by atoms with Gasteiger partial charge < -0.3 is 4.90 Å². The van der Waals surface area contributed by atoms with Gasteiger partial charge in [-0.15, -0.1) is 13.2 Å². The van der Waals surface area contributed by atoms with Crippen LogP contribution in [0.3, 0.4) is 0 Å². The molecule has 0 saturated heterocycles. The fourth-order valence-electron chi connectivity index (χ4n) is 1.83. The number of para-hydroxylation sites is 1. The van der Waals surface area contributed by atoms with Crippen molar-refractivity contribution in [2.24, 2.45) is 0 Å². The smallest absolute Gasteiger partial charge is 0.0703 e. The van der Waals surface area contributed by atoms with Crippen molar-refractivity contribution in [3.63, 3.8) is 0 Å². The van der Waals surface area contributed by atoms with Gasteiger partial charge in [-0.1, -0.05) is 30.4 Å². The second-order valence-corrected chi connectivity index (χ2v) is 3.87. The molecule has 1 aromatic heterocycles. The Morgan fingerprint density at radius 1 is 1.12 bits per heavy atom. The van der Waals surface area contributed by atoms with E-state index in [2.05, 4.69) is 35.2 Å². The van der Waals surface area contributed by atoms with E-state index in [0.717, 1.165) is 29.7 Å². The van der Waals surface area contributed by atoms with Gasteiger partial charge >= 0.3 is 0 Å². The number of hydrogen-bond acceptors (Lipinski definition) is 2. The van der Waals surface area contributed by atoms with Gasteiger partial charge in [-0.05, 0) is 12.1 Å². The molecule has 0 spiro atoms. The molecule has 1 heterocycles. The molecule has 0 amide bonds. The number of anilines is 1. The summed E-state index contributed by atoms with van der Waals surface area (Å²) in [7, 11) is 0. The molecule has 2 rings (SSSR count). The summed E-state index contributed by atoms with van der Waals surface area (Å²) < 4.78 is 0. The van der Waals surface area contributed by atoms with Gasteiger partial charge in [0, 0.05) is 18.5 Å². The highest BCUT2D eigenvalue weighted by Gasteiger charge is 2.04. The van der Waals surface area contributed by atoms with Gasteiger partial charge in [0.2, 0.25) is 0 Å². The highest BCUT2D eigenvalue weighted by Crippen LogP contribution is 2.19. The van der Waals surface area contributed by atoms with Crippen molar-refractivity contribution < 1.29 is 0 Å². The lowest BCUT2D eigenvalue weighted by atomic mass is 10.2. The topological polar surface area (TPSA) is 16.1 Å². The van der Waals surface area contributed by atoms with E-state index in [1.807, 2.05) is 36.5 Å². The second-order valence-electron chi connectivity index (χ2n) is 3.87. The number of aromatic nitrogens is 1. The second kappa shape index (κ2) is 5.30. The van der Waals surface area contributed by atoms with Crippen molar-refractivity contribution >= 4 is 16.6 Å². The number of fused-ring (bicyclic) bond motifs is 1. The molecule has 0 aliphatic heterocycles. The third-order valence-corrected chi connectivity index (χ3v) is 2.64. The Morgan fingerprint density at radius 3 is 2.53 bits per heavy atom. The lowest BCUT2D eigenvalue weighted by Crippen LogP contribution is -2.23. The van der Waals surface area contributed by atoms with Crippen LogP contribution in [0.15, 0.2) is 61.8 Å². The van der Waals surface area contributed by atoms with Gasteiger partial charge in [-0.25, -0.2) is 0 Å². The Morgan fingerprint density at radius 2 is 1.82 bits per heavy atom. The first kappa shape index (κ1) is 11.4. The number of benzene rings is 1. The predicted molar refractivity (Wildman–Crippen MR) is 74.4 cm³/mol. The van der Waals surface area contributed by atoms with Gasteiger partial charge in [0.1, 0.15) is 0 Å². The van der Waals surface area contributed by atoms with Crippen molar-refractivity contribution in [2.45, 2.75) is 0 Å². The van der Waals surface area contributed by atoms with Crippen LogP contribution in [0, 0.1) is 0 Å². The Bertz CT molecular complexity index is 521. The zero-order chi connectivity index (χ0) is 12.1. The molecule has 0 saturated carbocycles. The van der Waals surface area contributed by atoms with E-state index in [9.17, 15) is 0 Å². The highest BCUT2D eigenvalue weighted by molar-refractivity contribution is 5.81. The zero-order valence-electron chi connectivity index (χ0n) is 9.84. The maximum absolute atomic E-state index is 4.46. The predicted octanol–water partition coefficient (Wildman–Crippen LogP) is 3.41. The Balaban J connectivity index is 2.39. The van der Waals surface area contributed by atoms with Gasteiger partial charge in [0.15, 0.2) is 0 Å². The van der Waals surface area contributed by atoms with Crippen LogP contribution in [0.4, 0.5) is 5.69 Å². The standard InChI is InChI=1S/C15H16N2/c1-3-9-17(10-4-2)14-11-13-7-5-6-8-15(13)16-12-14/h3-8,11-12H,1-2,9-10H2. The van der Waals surface area contributed by atoms with E-state index in [4.69, 9.17) is 0 Å². The van der Waals surface area contributed by atoms with Crippen LogP contribution >= 0.6 is 0 Å². The van der Waals surface area contributed by atoms with Crippen molar-refractivity contribution in [2.75, 3.05) is 18.0 Å². The molecular formula is C15H16N2. The number of nitrogens with zero attached hydrogens (tertiary/aromatic N) is 2. The molecule has 2 aromatic rings. The lowest BCUT2D eigenvalue weighted by molar-refractivity contribution is 0.953. The van der Waals surface area contributed by atoms with Crippen LogP contribution in [-0.2, 0) is 0 Å². The minimum absolute atomic E-state index is 0.798. The van der Waals surface area contributed by atoms with E-state index >= 15 is 0 Å². The van der Waals surface area contributed by atoms with Crippen LogP contribution in [0.1, 0.15) is 0 Å². The van der Waals surface area contributed by atoms with Gasteiger partial charge in [0.05, 0.1) is 17.4 Å². The Hall–Kier alpha value is -2.09. The molecule has 1 aromatic carbocycles. The van der Waals surface area contributed by atoms with Crippen LogP contribution in [-0.4, -0.2) is 18.1 Å². The molecule has 2 nitrogen and oxygen atoms in total. The lowest BCUT2D eigenvalue weighted by Gasteiger charge is -2.21. The molecule has 0 bridgehead atoms. The van der Waals surface area contributed by atoms with Crippen LogP contribution in [0.2, 0.25) is 0 Å². The first-order valence-electron chi connectivity index (χ1n) is 5.66. The summed E-state index contributed by atoms with van der Waals surface area (Å²) >= 11 is 0. The molecule has 2 heteroatoms. The van der Waals surface area contributed by atoms with Crippen LogP contribution < -0.4 is 4.90 Å². The number of pyridine rings is 1. The minimum atomic E-state index is 0.798. The zero-order valence-corrected chi connectivity index (χ0v) is 9.84. The number of hydrogen-bond donors (Lipinski definition) is 0. The molecule has 17 heavy (non-hydrogen) atoms. The van der Waals surface area contributed by atoms with Crippen molar-refractivity contribution in [3.8, 4) is 0 Å². The van der Waals surface area contributed by atoms with Crippen molar-refractivity contribution in [1.29, 1.82) is 0 Å². The highest BCUT2D eigenvalue weighted by atomic mass is 15.1. The third-order valence-electron chi connectivity index (χ3n) is 2.64. The summed E-state index contributed by atoms with van der Waals surface area (Å²) in [5, 5.41) is 1.16. The monoisotopic (exact) mass is 224 g/mol. The average Bonchev–Trinajstić information content (AvgIpc) is 2.38. The first-order chi connectivity index (χ1) is 8.35. The fraction of sp³-hybridized carbons (Fsp3) is 0.133. The summed E-state index contributed by atoms with van der Waals surface area (Å²) in [6.45, 7) is 9.14. The van der Waals surface area contributed by atoms with Gasteiger partial charge in [0.25, 0.3) is 0 Å². The largest absolute Gasteiger partial charge is 0.363 e. The molecule has 0 atom stereocenters. The summed E-state index contributed by atoms with van der Waals surface area (Å²) in [4.78, 5) is 6.64. The van der Waals surface area contributed by atoms with Crippen molar-refractivity contribution in [3.05, 3.63) is 61.8 Å². The number of rotatable bonds is 5. The average molecular weight is 224 g/mol. The van der Waals surface area contributed by atoms with E-state index in [1.165, 1.54) is 0 Å². The van der Waals surface area contributed by atoms with E-state index in [1.54, 1.807) is 0 Å². The maximum Gasteiger partial charge on any atom is 0.0703 e. The minimum Gasteiger partial charge on any atom is -0.363 e. The molecule has 0 N–H and O–H groups in total. The SMILES string of the molecule is C=CCN(CC=C)c1cnc2ccccc2c1. The molecule has 0 aliphatic rings. The molecular weight excluding hydrogens is 208 g/mol. The summed E-state index contributed by atoms with van der Waals surface area (Å²) in [6.07, 6.45) is 5.67. The summed E-state index contributed by atoms with van der Waals surface area (Å²) in [5.41, 5.74) is 2.12. The molecule has 0 radical (unpaired) electrons. The summed E-state index contributed by atoms with van der Waals surface area (Å²) in [5.74, 6) is 0. The van der Waals surface area contributed by atoms with E-state index in [-0.39, 0.29) is 0 Å². The third kappa shape index (κ3) is 2.53. The van der Waals surface area contributed by atoms with Crippen LogP contribution in [0.5, 0.6) is 0 Å². The Kier molecular flexibility index (Phi) is 3.55. The van der Waals surface area contributed by atoms with Crippen molar-refractivity contribution in [1.82, 2.24) is 4.98 Å². The van der Waals surface area contributed by atoms with Crippen LogP contribution in [0.25, 0.3) is 10.9 Å². The van der Waals surface area contributed by atoms with Gasteiger partial charge in [-0.3, -0.25) is 4.98 Å². The fourth-order valence-corrected chi connectivity index (χ4v) is 1.83. The van der Waals surface area contributed by atoms with E-state index in [0.29, 0.717) is 0 Å². The summed E-state index contributed by atoms with van der Waals surface area (Å²) in [6, 6.07) is 10.3. The van der Waals surface area contributed by atoms with Gasteiger partial charge in [-0.2, -0.15) is 0 Å². The van der Waals surface area contributed by atoms with E-state index < -0.39 is 0 Å². The molecule has 0 fully saturated rings. The molecule has 86 valence electrons. The first-order valence-corrected chi connectivity index (χ1v) is 5.66. The Labute approximate surface area is 102 Å². The molecule has 0 aliphatic carbocycles. The quantitative estimate of drug-likeness (QED) is 0.723. The maximum atomic E-state index is 4.46.